The number of nitrogens with zero attached hydrogens (tertiary/aromatic N) is 4. The number of likely N-dealkylation sites (N-methyl/N-ethyl adjacent to an activating group) is 1. The summed E-state index contributed by atoms with van der Waals surface area (Å²) in [6.07, 6.45) is 10.5. The van der Waals surface area contributed by atoms with Crippen molar-refractivity contribution in [2.75, 3.05) is 20.6 Å². The van der Waals surface area contributed by atoms with Gasteiger partial charge in [0.15, 0.2) is 0 Å². The molecule has 5 heteroatoms. The Bertz CT molecular complexity index is 605. The van der Waals surface area contributed by atoms with Crippen LogP contribution in [0.2, 0.25) is 0 Å². The number of hydrogen-bond acceptors (Lipinski definition) is 3. The molecule has 0 radical (unpaired) electrons. The lowest BCUT2D eigenvalue weighted by atomic mass is 10.1. The molecule has 0 spiro atoms. The van der Waals surface area contributed by atoms with E-state index in [1.807, 2.05) is 6.08 Å². The standard InChI is InChI=1S/C16H23N5/c1-13(10-21-12-17-11-19-21)5-6-16-14(2)15(9-18-16)7-8-20(3)4/h5-6,9,11-12,18H,1,7-8,10H2,2-4H3/b6-5-. The van der Waals surface area contributed by atoms with Gasteiger partial charge in [0.25, 0.3) is 0 Å². The minimum atomic E-state index is 0.656. The lowest BCUT2D eigenvalue weighted by molar-refractivity contribution is 0.413. The van der Waals surface area contributed by atoms with E-state index in [2.05, 4.69) is 59.8 Å². The second-order valence-electron chi connectivity index (χ2n) is 5.49. The van der Waals surface area contributed by atoms with Gasteiger partial charge in [0.05, 0.1) is 6.54 Å². The molecule has 112 valence electrons. The minimum Gasteiger partial charge on any atom is -0.361 e. The van der Waals surface area contributed by atoms with Crippen LogP contribution in [0.15, 0.2) is 37.1 Å². The van der Waals surface area contributed by atoms with Crippen molar-refractivity contribution in [3.05, 3.63) is 53.9 Å². The monoisotopic (exact) mass is 285 g/mol. The summed E-state index contributed by atoms with van der Waals surface area (Å²) in [4.78, 5) is 9.45. The molecule has 0 bridgehead atoms. The summed E-state index contributed by atoms with van der Waals surface area (Å²) in [5.74, 6) is 0. The summed E-state index contributed by atoms with van der Waals surface area (Å²) in [7, 11) is 4.19. The Hall–Kier alpha value is -2.14. The van der Waals surface area contributed by atoms with Gasteiger partial charge in [-0.25, -0.2) is 9.67 Å². The molecule has 2 aromatic heterocycles. The van der Waals surface area contributed by atoms with Crippen LogP contribution in [0.4, 0.5) is 0 Å². The van der Waals surface area contributed by atoms with Gasteiger partial charge in [-0.05, 0) is 50.2 Å². The van der Waals surface area contributed by atoms with Gasteiger partial charge >= 0.3 is 0 Å². The van der Waals surface area contributed by atoms with Gasteiger partial charge in [-0.3, -0.25) is 0 Å². The van der Waals surface area contributed by atoms with E-state index in [4.69, 9.17) is 0 Å². The fourth-order valence-electron chi connectivity index (χ4n) is 2.11. The maximum absolute atomic E-state index is 4.07. The lowest BCUT2D eigenvalue weighted by Crippen LogP contribution is -2.15. The van der Waals surface area contributed by atoms with E-state index in [1.165, 1.54) is 17.5 Å². The van der Waals surface area contributed by atoms with E-state index >= 15 is 0 Å². The van der Waals surface area contributed by atoms with Gasteiger partial charge in [0.1, 0.15) is 12.7 Å². The summed E-state index contributed by atoms with van der Waals surface area (Å²) in [6.45, 7) is 7.91. The normalized spacial score (nSPS) is 11.6. The van der Waals surface area contributed by atoms with Crippen LogP contribution < -0.4 is 0 Å². The number of hydrogen-bond donors (Lipinski definition) is 1. The van der Waals surface area contributed by atoms with Crippen LogP contribution >= 0.6 is 0 Å². The van der Waals surface area contributed by atoms with Crippen LogP contribution in [0, 0.1) is 6.92 Å². The zero-order valence-corrected chi connectivity index (χ0v) is 13.0. The molecule has 0 aliphatic carbocycles. The van der Waals surface area contributed by atoms with Gasteiger partial charge < -0.3 is 9.88 Å². The molecule has 0 amide bonds. The first kappa shape index (κ1) is 15.3. The van der Waals surface area contributed by atoms with E-state index in [0.29, 0.717) is 6.54 Å². The fourth-order valence-corrected chi connectivity index (χ4v) is 2.11. The van der Waals surface area contributed by atoms with Crippen molar-refractivity contribution >= 4 is 6.08 Å². The van der Waals surface area contributed by atoms with Crippen LogP contribution in [0.5, 0.6) is 0 Å². The summed E-state index contributed by atoms with van der Waals surface area (Å²) in [6, 6.07) is 0. The van der Waals surface area contributed by atoms with E-state index in [0.717, 1.165) is 24.2 Å². The number of aromatic nitrogens is 4. The molecule has 0 atom stereocenters. The van der Waals surface area contributed by atoms with Gasteiger partial charge in [0.2, 0.25) is 0 Å². The van der Waals surface area contributed by atoms with Crippen LogP contribution in [0.1, 0.15) is 16.8 Å². The third-order valence-electron chi connectivity index (χ3n) is 3.43. The first-order chi connectivity index (χ1) is 10.1. The number of rotatable bonds is 7. The highest BCUT2D eigenvalue weighted by Crippen LogP contribution is 2.16. The maximum Gasteiger partial charge on any atom is 0.137 e. The first-order valence-corrected chi connectivity index (χ1v) is 7.06. The Balaban J connectivity index is 1.96. The Morgan fingerprint density at radius 2 is 2.29 bits per heavy atom. The molecule has 0 aliphatic heterocycles. The van der Waals surface area contributed by atoms with Crippen molar-refractivity contribution in [3.63, 3.8) is 0 Å². The van der Waals surface area contributed by atoms with E-state index in [9.17, 15) is 0 Å². The molecule has 1 N–H and O–H groups in total. The summed E-state index contributed by atoms with van der Waals surface area (Å²) in [5, 5.41) is 4.07. The van der Waals surface area contributed by atoms with Crippen LogP contribution in [-0.2, 0) is 13.0 Å². The van der Waals surface area contributed by atoms with E-state index in [1.54, 1.807) is 11.0 Å². The molecular formula is C16H23N5. The van der Waals surface area contributed by atoms with Crippen molar-refractivity contribution in [1.29, 1.82) is 0 Å². The topological polar surface area (TPSA) is 49.7 Å². The molecule has 0 saturated carbocycles. The number of allylic oxidation sites excluding steroid dienone is 2. The van der Waals surface area contributed by atoms with Crippen molar-refractivity contribution in [2.24, 2.45) is 0 Å². The Labute approximate surface area is 126 Å². The van der Waals surface area contributed by atoms with Crippen LogP contribution in [-0.4, -0.2) is 45.3 Å². The molecule has 0 aromatic carbocycles. The Morgan fingerprint density at radius 3 is 2.95 bits per heavy atom. The van der Waals surface area contributed by atoms with Crippen LogP contribution in [0.3, 0.4) is 0 Å². The average Bonchev–Trinajstić information content (AvgIpc) is 3.05. The average molecular weight is 285 g/mol. The predicted molar refractivity (Wildman–Crippen MR) is 86.0 cm³/mol. The highest BCUT2D eigenvalue weighted by atomic mass is 15.3. The van der Waals surface area contributed by atoms with E-state index in [-0.39, 0.29) is 0 Å². The maximum atomic E-state index is 4.07. The molecule has 0 fully saturated rings. The third kappa shape index (κ3) is 4.43. The number of H-pyrrole nitrogens is 1. The zero-order chi connectivity index (χ0) is 15.2. The van der Waals surface area contributed by atoms with Crippen molar-refractivity contribution < 1.29 is 0 Å². The van der Waals surface area contributed by atoms with Crippen molar-refractivity contribution in [1.82, 2.24) is 24.6 Å². The molecule has 2 heterocycles. The number of nitrogens with one attached hydrogen (secondary N) is 1. The van der Waals surface area contributed by atoms with E-state index < -0.39 is 0 Å². The SMILES string of the molecule is C=C(/C=C\c1[nH]cc(CCN(C)C)c1C)Cn1cncn1. The molecule has 0 unspecified atom stereocenters. The Morgan fingerprint density at radius 1 is 1.48 bits per heavy atom. The molecule has 21 heavy (non-hydrogen) atoms. The lowest BCUT2D eigenvalue weighted by Gasteiger charge is -2.08. The smallest absolute Gasteiger partial charge is 0.137 e. The van der Waals surface area contributed by atoms with Crippen molar-refractivity contribution in [2.45, 2.75) is 19.9 Å². The van der Waals surface area contributed by atoms with Gasteiger partial charge in [-0.2, -0.15) is 5.10 Å². The molecule has 2 rings (SSSR count). The summed E-state index contributed by atoms with van der Waals surface area (Å²) < 4.78 is 1.76. The van der Waals surface area contributed by atoms with Gasteiger partial charge in [-0.15, -0.1) is 0 Å². The summed E-state index contributed by atoms with van der Waals surface area (Å²) >= 11 is 0. The van der Waals surface area contributed by atoms with Crippen LogP contribution in [0.25, 0.3) is 6.08 Å². The molecular weight excluding hydrogens is 262 g/mol. The first-order valence-electron chi connectivity index (χ1n) is 7.06. The fraction of sp³-hybridized carbons (Fsp3) is 0.375. The Kier molecular flexibility index (Phi) is 5.11. The van der Waals surface area contributed by atoms with Gasteiger partial charge in [-0.1, -0.05) is 12.7 Å². The second kappa shape index (κ2) is 7.04. The highest BCUT2D eigenvalue weighted by Gasteiger charge is 2.05. The largest absolute Gasteiger partial charge is 0.361 e. The number of aromatic amines is 1. The molecule has 2 aromatic rings. The second-order valence-corrected chi connectivity index (χ2v) is 5.49. The third-order valence-corrected chi connectivity index (χ3v) is 3.43. The minimum absolute atomic E-state index is 0.656. The predicted octanol–water partition coefficient (Wildman–Crippen LogP) is 2.29. The molecule has 0 aliphatic rings. The highest BCUT2D eigenvalue weighted by molar-refractivity contribution is 5.54. The van der Waals surface area contributed by atoms with Gasteiger partial charge in [0, 0.05) is 18.4 Å². The summed E-state index contributed by atoms with van der Waals surface area (Å²) in [5.41, 5.74) is 4.81. The quantitative estimate of drug-likeness (QED) is 0.794. The molecule has 5 nitrogen and oxygen atoms in total. The molecule has 0 saturated heterocycles. The zero-order valence-electron chi connectivity index (χ0n) is 13.0. The van der Waals surface area contributed by atoms with Crippen molar-refractivity contribution in [3.8, 4) is 0 Å².